The molecule has 2 N–H and O–H groups in total. The van der Waals surface area contributed by atoms with Gasteiger partial charge in [0.1, 0.15) is 12.4 Å². The van der Waals surface area contributed by atoms with Crippen LogP contribution in [0.25, 0.3) is 5.69 Å². The monoisotopic (exact) mass is 481 g/mol. The van der Waals surface area contributed by atoms with Crippen LogP contribution in [0.15, 0.2) is 60.7 Å². The fraction of sp³-hybridized carbons (Fsp3) is 0.346. The van der Waals surface area contributed by atoms with Gasteiger partial charge in [-0.3, -0.25) is 4.79 Å². The Morgan fingerprint density at radius 2 is 1.71 bits per heavy atom. The van der Waals surface area contributed by atoms with Gasteiger partial charge < -0.3 is 15.5 Å². The zero-order chi connectivity index (χ0) is 24.7. The summed E-state index contributed by atoms with van der Waals surface area (Å²) in [5, 5.41) is 11.2. The molecule has 0 aliphatic rings. The molecule has 3 amide bonds. The van der Waals surface area contributed by atoms with Crippen LogP contribution in [0.2, 0.25) is 5.02 Å². The Kier molecular flexibility index (Phi) is 8.34. The van der Waals surface area contributed by atoms with Crippen molar-refractivity contribution in [1.82, 2.24) is 14.7 Å². The third-order valence-corrected chi connectivity index (χ3v) is 5.50. The number of hydrogen-bond donors (Lipinski definition) is 2. The predicted molar refractivity (Wildman–Crippen MR) is 138 cm³/mol. The maximum absolute atomic E-state index is 13.0. The Labute approximate surface area is 206 Å². The number of carbonyl (C=O) groups excluding carboxylic acids is 2. The standard InChI is InChI=1S/C26H32ClN5O2/c1-5-6-16-31(25(34)28-20-10-8-7-9-11-20)18-24(33)29-23-17-22(26(2,3)4)30-32(23)21-14-12-19(27)13-15-21/h7-15,17H,5-6,16,18H2,1-4H3,(H,28,34)(H,29,33). The number of anilines is 2. The van der Waals surface area contributed by atoms with E-state index in [1.807, 2.05) is 55.5 Å². The number of urea groups is 1. The van der Waals surface area contributed by atoms with E-state index in [1.54, 1.807) is 16.8 Å². The fourth-order valence-electron chi connectivity index (χ4n) is 3.30. The molecule has 0 bridgehead atoms. The molecular formula is C26H32ClN5O2. The molecule has 0 spiro atoms. The van der Waals surface area contributed by atoms with E-state index in [-0.39, 0.29) is 23.9 Å². The Balaban J connectivity index is 1.79. The van der Waals surface area contributed by atoms with Crippen LogP contribution < -0.4 is 10.6 Å². The number of rotatable bonds is 8. The highest BCUT2D eigenvalue weighted by Gasteiger charge is 2.23. The number of unbranched alkanes of at least 4 members (excludes halogenated alkanes) is 1. The summed E-state index contributed by atoms with van der Waals surface area (Å²) in [4.78, 5) is 27.4. The minimum Gasteiger partial charge on any atom is -0.315 e. The molecule has 1 aromatic heterocycles. The number of amides is 3. The zero-order valence-corrected chi connectivity index (χ0v) is 20.9. The molecule has 34 heavy (non-hydrogen) atoms. The van der Waals surface area contributed by atoms with Crippen molar-refractivity contribution in [3.63, 3.8) is 0 Å². The van der Waals surface area contributed by atoms with Gasteiger partial charge in [0.15, 0.2) is 0 Å². The summed E-state index contributed by atoms with van der Waals surface area (Å²) < 4.78 is 1.69. The van der Waals surface area contributed by atoms with Crippen molar-refractivity contribution in [3.8, 4) is 5.69 Å². The molecule has 0 unspecified atom stereocenters. The number of aromatic nitrogens is 2. The number of nitrogens with one attached hydrogen (secondary N) is 2. The molecule has 0 aliphatic carbocycles. The number of carbonyl (C=O) groups is 2. The summed E-state index contributed by atoms with van der Waals surface area (Å²) in [6.45, 7) is 8.64. The molecule has 0 saturated heterocycles. The van der Waals surface area contributed by atoms with E-state index in [1.165, 1.54) is 4.90 Å². The van der Waals surface area contributed by atoms with Gasteiger partial charge >= 0.3 is 6.03 Å². The van der Waals surface area contributed by atoms with Crippen molar-refractivity contribution in [2.75, 3.05) is 23.7 Å². The van der Waals surface area contributed by atoms with Crippen LogP contribution in [0.5, 0.6) is 0 Å². The van der Waals surface area contributed by atoms with Gasteiger partial charge in [0.2, 0.25) is 5.91 Å². The quantitative estimate of drug-likeness (QED) is 0.408. The van der Waals surface area contributed by atoms with E-state index in [2.05, 4.69) is 31.4 Å². The smallest absolute Gasteiger partial charge is 0.315 e. The Hall–Kier alpha value is -3.32. The summed E-state index contributed by atoms with van der Waals surface area (Å²) in [6, 6.07) is 18.0. The molecule has 0 saturated carbocycles. The molecule has 0 aliphatic heterocycles. The summed E-state index contributed by atoms with van der Waals surface area (Å²) >= 11 is 6.04. The van der Waals surface area contributed by atoms with Gasteiger partial charge in [-0.05, 0) is 42.8 Å². The maximum Gasteiger partial charge on any atom is 0.322 e. The molecule has 0 atom stereocenters. The van der Waals surface area contributed by atoms with E-state index in [9.17, 15) is 9.59 Å². The number of hydrogen-bond acceptors (Lipinski definition) is 3. The van der Waals surface area contributed by atoms with Crippen molar-refractivity contribution in [2.45, 2.75) is 46.0 Å². The van der Waals surface area contributed by atoms with Crippen LogP contribution in [0, 0.1) is 0 Å². The van der Waals surface area contributed by atoms with E-state index >= 15 is 0 Å². The second-order valence-electron chi connectivity index (χ2n) is 9.17. The highest BCUT2D eigenvalue weighted by Crippen LogP contribution is 2.27. The van der Waals surface area contributed by atoms with Crippen LogP contribution in [0.3, 0.4) is 0 Å². The molecular weight excluding hydrogens is 450 g/mol. The number of halogens is 1. The first-order valence-electron chi connectivity index (χ1n) is 11.4. The third-order valence-electron chi connectivity index (χ3n) is 5.24. The molecule has 180 valence electrons. The highest BCUT2D eigenvalue weighted by molar-refractivity contribution is 6.30. The lowest BCUT2D eigenvalue weighted by Gasteiger charge is -2.22. The van der Waals surface area contributed by atoms with E-state index in [0.717, 1.165) is 24.2 Å². The van der Waals surface area contributed by atoms with Crippen molar-refractivity contribution < 1.29 is 9.59 Å². The van der Waals surface area contributed by atoms with Crippen LogP contribution in [0.1, 0.15) is 46.2 Å². The SMILES string of the molecule is CCCCN(CC(=O)Nc1cc(C(C)(C)C)nn1-c1ccc(Cl)cc1)C(=O)Nc1ccccc1. The second kappa shape index (κ2) is 11.2. The Morgan fingerprint density at radius 1 is 1.03 bits per heavy atom. The predicted octanol–water partition coefficient (Wildman–Crippen LogP) is 6.10. The zero-order valence-electron chi connectivity index (χ0n) is 20.1. The molecule has 8 heteroatoms. The van der Waals surface area contributed by atoms with Gasteiger partial charge in [-0.1, -0.05) is 63.9 Å². The average Bonchev–Trinajstić information content (AvgIpc) is 3.22. The minimum absolute atomic E-state index is 0.0741. The van der Waals surface area contributed by atoms with E-state index in [4.69, 9.17) is 16.7 Å². The molecule has 2 aromatic carbocycles. The normalized spacial score (nSPS) is 11.2. The maximum atomic E-state index is 13.0. The molecule has 1 heterocycles. The summed E-state index contributed by atoms with van der Waals surface area (Å²) in [7, 11) is 0. The molecule has 3 rings (SSSR count). The van der Waals surface area contributed by atoms with Gasteiger partial charge in [-0.15, -0.1) is 0 Å². The number of para-hydroxylation sites is 1. The van der Waals surface area contributed by atoms with Crippen LogP contribution in [0.4, 0.5) is 16.3 Å². The Bertz CT molecular complexity index is 1100. The van der Waals surface area contributed by atoms with Crippen molar-refractivity contribution in [3.05, 3.63) is 71.4 Å². The molecule has 7 nitrogen and oxygen atoms in total. The van der Waals surface area contributed by atoms with Gasteiger partial charge in [-0.25, -0.2) is 9.48 Å². The van der Waals surface area contributed by atoms with Crippen LogP contribution in [-0.2, 0) is 10.2 Å². The van der Waals surface area contributed by atoms with Crippen LogP contribution in [-0.4, -0.2) is 39.7 Å². The highest BCUT2D eigenvalue weighted by atomic mass is 35.5. The van der Waals surface area contributed by atoms with Gasteiger partial charge in [0.05, 0.1) is 11.4 Å². The second-order valence-corrected chi connectivity index (χ2v) is 9.61. The largest absolute Gasteiger partial charge is 0.322 e. The number of nitrogens with zero attached hydrogens (tertiary/aromatic N) is 3. The third kappa shape index (κ3) is 6.84. The summed E-state index contributed by atoms with van der Waals surface area (Å²) in [6.07, 6.45) is 1.71. The molecule has 3 aromatic rings. The number of benzene rings is 2. The average molecular weight is 482 g/mol. The lowest BCUT2D eigenvalue weighted by atomic mass is 9.92. The lowest BCUT2D eigenvalue weighted by Crippen LogP contribution is -2.41. The first kappa shape index (κ1) is 25.3. The van der Waals surface area contributed by atoms with E-state index < -0.39 is 0 Å². The first-order chi connectivity index (χ1) is 16.2. The van der Waals surface area contributed by atoms with Gasteiger partial charge in [-0.2, -0.15) is 5.10 Å². The lowest BCUT2D eigenvalue weighted by molar-refractivity contribution is -0.116. The van der Waals surface area contributed by atoms with Crippen LogP contribution >= 0.6 is 11.6 Å². The van der Waals surface area contributed by atoms with Crippen molar-refractivity contribution in [1.29, 1.82) is 0 Å². The molecule has 0 fully saturated rings. The van der Waals surface area contributed by atoms with Gasteiger partial charge in [0.25, 0.3) is 0 Å². The first-order valence-corrected chi connectivity index (χ1v) is 11.8. The summed E-state index contributed by atoms with van der Waals surface area (Å²) in [5.74, 6) is 0.242. The molecule has 0 radical (unpaired) electrons. The minimum atomic E-state index is -0.309. The topological polar surface area (TPSA) is 79.3 Å². The van der Waals surface area contributed by atoms with Crippen molar-refractivity contribution >= 4 is 35.0 Å². The van der Waals surface area contributed by atoms with Gasteiger partial charge in [0, 0.05) is 28.7 Å². The van der Waals surface area contributed by atoms with Crippen molar-refractivity contribution in [2.24, 2.45) is 0 Å². The fourth-order valence-corrected chi connectivity index (χ4v) is 3.42. The summed E-state index contributed by atoms with van der Waals surface area (Å²) in [5.41, 5.74) is 2.09. The Morgan fingerprint density at radius 3 is 2.32 bits per heavy atom. The van der Waals surface area contributed by atoms with E-state index in [0.29, 0.717) is 23.1 Å².